The Balaban J connectivity index is 0. The molecular weight excluding hydrogens is 220 g/mol. The highest BCUT2D eigenvalue weighted by Gasteiger charge is 1.89. The molecule has 0 heterocycles. The van der Waals surface area contributed by atoms with Gasteiger partial charge < -0.3 is 11.5 Å². The van der Waals surface area contributed by atoms with Crippen molar-refractivity contribution in [1.29, 1.82) is 0 Å². The molecule has 0 rings (SSSR count). The van der Waals surface area contributed by atoms with Gasteiger partial charge in [0.05, 0.1) is 0 Å². The molecule has 0 bridgehead atoms. The first kappa shape index (κ1) is 20.2. The lowest BCUT2D eigenvalue weighted by atomic mass is 10.1. The summed E-state index contributed by atoms with van der Waals surface area (Å²) >= 11 is 0. The number of hydrogen-bond acceptors (Lipinski definition) is 2. The zero-order valence-electron chi connectivity index (χ0n) is 13.1. The Bertz CT molecular complexity index is 104. The smallest absolute Gasteiger partial charge is 0.00773 e. The van der Waals surface area contributed by atoms with Crippen LogP contribution in [-0.4, -0.2) is 13.1 Å². The maximum Gasteiger partial charge on any atom is -0.00773 e. The van der Waals surface area contributed by atoms with Crippen LogP contribution in [-0.2, 0) is 0 Å². The van der Waals surface area contributed by atoms with Gasteiger partial charge in [0.15, 0.2) is 0 Å². The third-order valence-electron chi connectivity index (χ3n) is 3.12. The highest BCUT2D eigenvalue weighted by molar-refractivity contribution is 4.45. The average Bonchev–Trinajstić information content (AvgIpc) is 2.39. The van der Waals surface area contributed by atoms with Gasteiger partial charge in [-0.3, -0.25) is 0 Å². The van der Waals surface area contributed by atoms with E-state index in [1.54, 1.807) is 0 Å². The van der Waals surface area contributed by atoms with Crippen molar-refractivity contribution in [3.8, 4) is 0 Å². The highest BCUT2D eigenvalue weighted by Crippen LogP contribution is 2.07. The zero-order valence-corrected chi connectivity index (χ0v) is 13.1. The summed E-state index contributed by atoms with van der Waals surface area (Å²) in [5.41, 5.74) is 10.7. The lowest BCUT2D eigenvalue weighted by Gasteiger charge is -1.99. The van der Waals surface area contributed by atoms with Crippen LogP contribution in [0.2, 0.25) is 0 Å². The summed E-state index contributed by atoms with van der Waals surface area (Å²) in [6.07, 6.45) is 16.1. The molecule has 0 fully saturated rings. The lowest BCUT2D eigenvalue weighted by Crippen LogP contribution is -1.97. The third-order valence-corrected chi connectivity index (χ3v) is 3.12. The van der Waals surface area contributed by atoms with Gasteiger partial charge in [0.25, 0.3) is 0 Å². The van der Waals surface area contributed by atoms with Gasteiger partial charge in [0.1, 0.15) is 0 Å². The molecule has 4 N–H and O–H groups in total. The van der Waals surface area contributed by atoms with Crippen molar-refractivity contribution in [2.75, 3.05) is 13.1 Å². The fourth-order valence-corrected chi connectivity index (χ4v) is 1.85. The third kappa shape index (κ3) is 24.9. The van der Waals surface area contributed by atoms with Gasteiger partial charge in [-0.15, -0.1) is 0 Å². The van der Waals surface area contributed by atoms with Gasteiger partial charge in [0.2, 0.25) is 0 Å². The molecule has 0 aliphatic heterocycles. The predicted molar refractivity (Wildman–Crippen MR) is 84.9 cm³/mol. The number of hydrogen-bond donors (Lipinski definition) is 2. The predicted octanol–water partition coefficient (Wildman–Crippen LogP) is 4.61. The molecule has 2 nitrogen and oxygen atoms in total. The molecule has 0 amide bonds. The van der Waals surface area contributed by atoms with Crippen LogP contribution >= 0.6 is 0 Å². The monoisotopic (exact) mass is 258 g/mol. The van der Waals surface area contributed by atoms with E-state index >= 15 is 0 Å². The van der Waals surface area contributed by atoms with Crippen LogP contribution in [0.4, 0.5) is 0 Å². The van der Waals surface area contributed by atoms with Crippen LogP contribution in [0.1, 0.15) is 90.9 Å². The maximum atomic E-state index is 5.39. The van der Waals surface area contributed by atoms with Gasteiger partial charge in [-0.05, 0) is 25.9 Å². The van der Waals surface area contributed by atoms with Crippen LogP contribution in [0.5, 0.6) is 0 Å². The quantitative estimate of drug-likeness (QED) is 0.502. The maximum absolute atomic E-state index is 5.39. The molecule has 0 aromatic carbocycles. The van der Waals surface area contributed by atoms with Crippen molar-refractivity contribution in [2.45, 2.75) is 90.9 Å². The van der Waals surface area contributed by atoms with Crippen LogP contribution < -0.4 is 11.5 Å². The SMILES string of the molecule is CCCCCCCCCCN.CCCCCCN. The summed E-state index contributed by atoms with van der Waals surface area (Å²) < 4.78 is 0. The lowest BCUT2D eigenvalue weighted by molar-refractivity contribution is 0.578. The van der Waals surface area contributed by atoms with Crippen molar-refractivity contribution in [2.24, 2.45) is 11.5 Å². The Morgan fingerprint density at radius 2 is 0.722 bits per heavy atom. The van der Waals surface area contributed by atoms with Crippen molar-refractivity contribution in [3.05, 3.63) is 0 Å². The fourth-order valence-electron chi connectivity index (χ4n) is 1.85. The highest BCUT2D eigenvalue weighted by atomic mass is 14.5. The molecule has 18 heavy (non-hydrogen) atoms. The first-order valence-electron chi connectivity index (χ1n) is 8.23. The summed E-state index contributed by atoms with van der Waals surface area (Å²) in [5, 5.41) is 0. The second-order valence-electron chi connectivity index (χ2n) is 5.11. The van der Waals surface area contributed by atoms with Crippen LogP contribution in [0.3, 0.4) is 0 Å². The number of rotatable bonds is 12. The van der Waals surface area contributed by atoms with E-state index < -0.39 is 0 Å². The van der Waals surface area contributed by atoms with E-state index in [9.17, 15) is 0 Å². The Hall–Kier alpha value is -0.0800. The Morgan fingerprint density at radius 1 is 0.444 bits per heavy atom. The van der Waals surface area contributed by atoms with Gasteiger partial charge in [0, 0.05) is 0 Å². The van der Waals surface area contributed by atoms with E-state index in [4.69, 9.17) is 11.5 Å². The molecule has 0 saturated carbocycles. The number of nitrogens with two attached hydrogens (primary N) is 2. The summed E-state index contributed by atoms with van der Waals surface area (Å²) in [4.78, 5) is 0. The minimum Gasteiger partial charge on any atom is -0.330 e. The van der Waals surface area contributed by atoms with Gasteiger partial charge in [-0.2, -0.15) is 0 Å². The summed E-state index contributed by atoms with van der Waals surface area (Å²) in [5.74, 6) is 0. The molecule has 0 unspecified atom stereocenters. The van der Waals surface area contributed by atoms with Crippen LogP contribution in [0.15, 0.2) is 0 Å². The van der Waals surface area contributed by atoms with Crippen LogP contribution in [0.25, 0.3) is 0 Å². The minimum absolute atomic E-state index is 0.861. The molecule has 2 heteroatoms. The van der Waals surface area contributed by atoms with E-state index in [1.165, 1.54) is 77.0 Å². The van der Waals surface area contributed by atoms with Gasteiger partial charge in [-0.25, -0.2) is 0 Å². The Kier molecular flexibility index (Phi) is 24.9. The van der Waals surface area contributed by atoms with E-state index in [1.807, 2.05) is 0 Å². The molecule has 0 aromatic rings. The molecule has 0 radical (unpaired) electrons. The van der Waals surface area contributed by atoms with Crippen molar-refractivity contribution in [3.63, 3.8) is 0 Å². The standard InChI is InChI=1S/C10H23N.C6H15N/c1-2-3-4-5-6-7-8-9-10-11;1-2-3-4-5-6-7/h2-11H2,1H3;2-7H2,1H3. The Labute approximate surface area is 116 Å². The normalized spacial score (nSPS) is 10.0. The summed E-state index contributed by atoms with van der Waals surface area (Å²) in [6, 6.07) is 0. The molecule has 0 aliphatic rings. The van der Waals surface area contributed by atoms with E-state index in [0.29, 0.717) is 0 Å². The molecule has 0 atom stereocenters. The largest absolute Gasteiger partial charge is 0.330 e. The minimum atomic E-state index is 0.861. The molecule has 0 saturated heterocycles. The second-order valence-corrected chi connectivity index (χ2v) is 5.11. The second kappa shape index (κ2) is 22.1. The molecule has 0 spiro atoms. The van der Waals surface area contributed by atoms with Gasteiger partial charge in [-0.1, -0.05) is 78.1 Å². The molecule has 0 aliphatic carbocycles. The van der Waals surface area contributed by atoms with Crippen molar-refractivity contribution in [1.82, 2.24) is 0 Å². The Morgan fingerprint density at radius 3 is 1.06 bits per heavy atom. The average molecular weight is 258 g/mol. The summed E-state index contributed by atoms with van der Waals surface area (Å²) in [6.45, 7) is 6.19. The first-order valence-corrected chi connectivity index (χ1v) is 8.23. The molecule has 112 valence electrons. The van der Waals surface area contributed by atoms with E-state index in [2.05, 4.69) is 13.8 Å². The molecular formula is C16H38N2. The van der Waals surface area contributed by atoms with Gasteiger partial charge >= 0.3 is 0 Å². The molecule has 0 aromatic heterocycles. The van der Waals surface area contributed by atoms with Crippen molar-refractivity contribution >= 4 is 0 Å². The van der Waals surface area contributed by atoms with Crippen molar-refractivity contribution < 1.29 is 0 Å². The number of unbranched alkanes of at least 4 members (excludes halogenated alkanes) is 10. The fraction of sp³-hybridized carbons (Fsp3) is 1.00. The summed E-state index contributed by atoms with van der Waals surface area (Å²) in [7, 11) is 0. The first-order chi connectivity index (χ1) is 8.83. The van der Waals surface area contributed by atoms with Crippen LogP contribution in [0, 0.1) is 0 Å². The topological polar surface area (TPSA) is 52.0 Å². The zero-order chi connectivity index (χ0) is 13.9. The van der Waals surface area contributed by atoms with E-state index in [-0.39, 0.29) is 0 Å². The van der Waals surface area contributed by atoms with E-state index in [0.717, 1.165) is 13.1 Å².